The van der Waals surface area contributed by atoms with Crippen LogP contribution in [0.15, 0.2) is 30.3 Å². The van der Waals surface area contributed by atoms with Crippen LogP contribution in [0.4, 0.5) is 5.82 Å². The molecule has 0 spiro atoms. The van der Waals surface area contributed by atoms with Crippen LogP contribution in [0.5, 0.6) is 0 Å². The molecule has 1 aromatic heterocycles. The highest BCUT2D eigenvalue weighted by atomic mass is 35.5. The van der Waals surface area contributed by atoms with Crippen LogP contribution in [0, 0.1) is 12.8 Å². The van der Waals surface area contributed by atoms with E-state index in [0.717, 1.165) is 36.3 Å². The lowest BCUT2D eigenvalue weighted by atomic mass is 10.1. The molecule has 1 aliphatic carbocycles. The number of rotatable bonds is 3. The molecule has 1 fully saturated rings. The minimum Gasteiger partial charge on any atom is -0.328 e. The second-order valence-electron chi connectivity index (χ2n) is 6.11. The van der Waals surface area contributed by atoms with Crippen LogP contribution in [0.1, 0.15) is 24.8 Å². The van der Waals surface area contributed by atoms with Crippen LogP contribution in [0.25, 0.3) is 11.3 Å². The summed E-state index contributed by atoms with van der Waals surface area (Å²) in [5.74, 6) is 0.794. The quantitative estimate of drug-likeness (QED) is 0.906. The van der Waals surface area contributed by atoms with Gasteiger partial charge in [-0.05, 0) is 31.7 Å². The normalized spacial score (nSPS) is 20.1. The Labute approximate surface area is 142 Å². The minimum absolute atomic E-state index is 0. The van der Waals surface area contributed by atoms with Crippen LogP contribution in [0.2, 0.25) is 0 Å². The van der Waals surface area contributed by atoms with E-state index in [2.05, 4.69) is 23.4 Å². The number of carbonyl (C=O) groups is 1. The molecule has 0 saturated heterocycles. The number of nitrogens with zero attached hydrogens (tertiary/aromatic N) is 2. The first kappa shape index (κ1) is 17.5. The topological polar surface area (TPSA) is 72.9 Å². The van der Waals surface area contributed by atoms with Crippen molar-refractivity contribution >= 4 is 24.1 Å². The summed E-state index contributed by atoms with van der Waals surface area (Å²) in [4.78, 5) is 12.3. The molecule has 0 bridgehead atoms. The fraction of sp³-hybridized carbons (Fsp3) is 0.412. The molecule has 1 saturated carbocycles. The summed E-state index contributed by atoms with van der Waals surface area (Å²) in [6.07, 6.45) is 2.57. The Morgan fingerprint density at radius 2 is 2.09 bits per heavy atom. The van der Waals surface area contributed by atoms with Crippen molar-refractivity contribution in [2.45, 2.75) is 32.2 Å². The molecule has 6 heteroatoms. The van der Waals surface area contributed by atoms with Crippen molar-refractivity contribution in [3.8, 4) is 11.3 Å². The standard InChI is InChI=1S/C17H22N4O.ClH/c1-11-5-3-4-6-14(11)15-10-16(21(2)20-15)19-17(22)12-7-8-13(18)9-12;/h3-6,10,12-13H,7-9,18H2,1-2H3,(H,19,22);1H. The van der Waals surface area contributed by atoms with E-state index in [4.69, 9.17) is 5.73 Å². The van der Waals surface area contributed by atoms with Gasteiger partial charge in [0.15, 0.2) is 0 Å². The highest BCUT2D eigenvalue weighted by molar-refractivity contribution is 5.92. The van der Waals surface area contributed by atoms with E-state index in [1.54, 1.807) is 4.68 Å². The van der Waals surface area contributed by atoms with E-state index in [0.29, 0.717) is 0 Å². The molecule has 0 radical (unpaired) electrons. The van der Waals surface area contributed by atoms with Gasteiger partial charge in [0.25, 0.3) is 0 Å². The third-order valence-corrected chi connectivity index (χ3v) is 4.40. The second-order valence-corrected chi connectivity index (χ2v) is 6.11. The summed E-state index contributed by atoms with van der Waals surface area (Å²) in [6.45, 7) is 2.06. The lowest BCUT2D eigenvalue weighted by Gasteiger charge is -2.10. The number of carbonyl (C=O) groups excluding carboxylic acids is 1. The van der Waals surface area contributed by atoms with Crippen molar-refractivity contribution in [2.24, 2.45) is 18.7 Å². The van der Waals surface area contributed by atoms with Gasteiger partial charge < -0.3 is 11.1 Å². The SMILES string of the molecule is Cc1ccccc1-c1cc(NC(=O)C2CCC(N)C2)n(C)n1.Cl. The van der Waals surface area contributed by atoms with Crippen molar-refractivity contribution in [3.63, 3.8) is 0 Å². The van der Waals surface area contributed by atoms with Crippen molar-refractivity contribution in [1.29, 1.82) is 0 Å². The molecule has 1 amide bonds. The third-order valence-electron chi connectivity index (χ3n) is 4.40. The van der Waals surface area contributed by atoms with Crippen LogP contribution < -0.4 is 11.1 Å². The number of anilines is 1. The first-order valence-electron chi connectivity index (χ1n) is 7.71. The van der Waals surface area contributed by atoms with Crippen molar-refractivity contribution in [3.05, 3.63) is 35.9 Å². The van der Waals surface area contributed by atoms with Crippen LogP contribution in [0.3, 0.4) is 0 Å². The van der Waals surface area contributed by atoms with E-state index >= 15 is 0 Å². The fourth-order valence-electron chi connectivity index (χ4n) is 3.06. The van der Waals surface area contributed by atoms with E-state index in [9.17, 15) is 4.79 Å². The molecule has 3 N–H and O–H groups in total. The molecule has 2 aromatic rings. The summed E-state index contributed by atoms with van der Waals surface area (Å²) >= 11 is 0. The summed E-state index contributed by atoms with van der Waals surface area (Å²) in [5.41, 5.74) is 9.01. The van der Waals surface area contributed by atoms with E-state index in [1.807, 2.05) is 31.3 Å². The Morgan fingerprint density at radius 1 is 1.35 bits per heavy atom. The van der Waals surface area contributed by atoms with Crippen molar-refractivity contribution in [1.82, 2.24) is 9.78 Å². The lowest BCUT2D eigenvalue weighted by Crippen LogP contribution is -2.24. The molecule has 5 nitrogen and oxygen atoms in total. The molecule has 0 aliphatic heterocycles. The minimum atomic E-state index is 0. The van der Waals surface area contributed by atoms with Gasteiger partial charge >= 0.3 is 0 Å². The van der Waals surface area contributed by atoms with Crippen LogP contribution >= 0.6 is 12.4 Å². The first-order valence-corrected chi connectivity index (χ1v) is 7.71. The average Bonchev–Trinajstić information content (AvgIpc) is 3.06. The fourth-order valence-corrected chi connectivity index (χ4v) is 3.06. The highest BCUT2D eigenvalue weighted by Gasteiger charge is 2.28. The van der Waals surface area contributed by atoms with Gasteiger partial charge in [0.1, 0.15) is 5.82 Å². The van der Waals surface area contributed by atoms with Gasteiger partial charge in [-0.15, -0.1) is 12.4 Å². The van der Waals surface area contributed by atoms with Crippen molar-refractivity contribution < 1.29 is 4.79 Å². The molecule has 1 aromatic carbocycles. The molecule has 3 rings (SSSR count). The maximum Gasteiger partial charge on any atom is 0.228 e. The predicted octanol–water partition coefficient (Wildman–Crippen LogP) is 2.88. The highest BCUT2D eigenvalue weighted by Crippen LogP contribution is 2.27. The molecule has 1 heterocycles. The van der Waals surface area contributed by atoms with Gasteiger partial charge in [0, 0.05) is 30.6 Å². The van der Waals surface area contributed by atoms with Gasteiger partial charge in [-0.25, -0.2) is 0 Å². The Bertz CT molecular complexity index is 698. The monoisotopic (exact) mass is 334 g/mol. The molecule has 23 heavy (non-hydrogen) atoms. The molecular formula is C17H23ClN4O. The number of benzene rings is 1. The van der Waals surface area contributed by atoms with E-state index < -0.39 is 0 Å². The van der Waals surface area contributed by atoms with Crippen LogP contribution in [-0.4, -0.2) is 21.7 Å². The maximum absolute atomic E-state index is 12.3. The number of nitrogens with one attached hydrogen (secondary N) is 1. The third kappa shape index (κ3) is 3.74. The Hall–Kier alpha value is -1.85. The number of hydrogen-bond donors (Lipinski definition) is 2. The zero-order chi connectivity index (χ0) is 15.7. The Morgan fingerprint density at radius 3 is 2.74 bits per heavy atom. The number of amides is 1. The number of aromatic nitrogens is 2. The lowest BCUT2D eigenvalue weighted by molar-refractivity contribution is -0.119. The number of hydrogen-bond acceptors (Lipinski definition) is 3. The molecule has 2 atom stereocenters. The van der Waals surface area contributed by atoms with Gasteiger partial charge in [0.05, 0.1) is 5.69 Å². The summed E-state index contributed by atoms with van der Waals surface area (Å²) < 4.78 is 1.72. The number of aryl methyl sites for hydroxylation is 2. The maximum atomic E-state index is 12.3. The average molecular weight is 335 g/mol. The number of nitrogens with two attached hydrogens (primary N) is 1. The van der Waals surface area contributed by atoms with Gasteiger partial charge in [-0.2, -0.15) is 5.10 Å². The molecule has 1 aliphatic rings. The molecule has 2 unspecified atom stereocenters. The largest absolute Gasteiger partial charge is 0.328 e. The second kappa shape index (κ2) is 7.15. The van der Waals surface area contributed by atoms with Gasteiger partial charge in [-0.3, -0.25) is 9.48 Å². The van der Waals surface area contributed by atoms with Gasteiger partial charge in [-0.1, -0.05) is 24.3 Å². The number of halogens is 1. The molecular weight excluding hydrogens is 312 g/mol. The predicted molar refractivity (Wildman–Crippen MR) is 94.6 cm³/mol. The first-order chi connectivity index (χ1) is 10.5. The zero-order valence-corrected chi connectivity index (χ0v) is 14.3. The Balaban J connectivity index is 0.00000192. The smallest absolute Gasteiger partial charge is 0.228 e. The summed E-state index contributed by atoms with van der Waals surface area (Å²) in [6, 6.07) is 10.2. The Kier molecular flexibility index (Phi) is 5.44. The van der Waals surface area contributed by atoms with E-state index in [-0.39, 0.29) is 30.3 Å². The van der Waals surface area contributed by atoms with Crippen molar-refractivity contribution in [2.75, 3.05) is 5.32 Å². The van der Waals surface area contributed by atoms with Gasteiger partial charge in [0.2, 0.25) is 5.91 Å². The van der Waals surface area contributed by atoms with E-state index in [1.165, 1.54) is 5.56 Å². The summed E-state index contributed by atoms with van der Waals surface area (Å²) in [7, 11) is 1.85. The molecule has 124 valence electrons. The van der Waals surface area contributed by atoms with Crippen LogP contribution in [-0.2, 0) is 11.8 Å². The summed E-state index contributed by atoms with van der Waals surface area (Å²) in [5, 5.41) is 7.50. The zero-order valence-electron chi connectivity index (χ0n) is 13.5.